The average Bonchev–Trinajstić information content (AvgIpc) is 3.03. The SMILES string of the molecule is COc1cc(F)cc(-c2cnc([C@]3(C)CC(=O)N(C)C(=N)N3)s2)c1. The lowest BCUT2D eigenvalue weighted by Crippen LogP contribution is -2.58. The number of nitrogens with zero attached hydrogens (tertiary/aromatic N) is 2. The molecule has 0 saturated carbocycles. The van der Waals surface area contributed by atoms with Gasteiger partial charge >= 0.3 is 0 Å². The second-order valence-corrected chi connectivity index (χ2v) is 6.88. The van der Waals surface area contributed by atoms with Gasteiger partial charge in [-0.1, -0.05) is 0 Å². The zero-order valence-electron chi connectivity index (χ0n) is 13.5. The number of carbonyl (C=O) groups excluding carboxylic acids is 1. The van der Waals surface area contributed by atoms with E-state index in [1.807, 2.05) is 6.92 Å². The van der Waals surface area contributed by atoms with Crippen molar-refractivity contribution in [3.63, 3.8) is 0 Å². The maximum Gasteiger partial charge on any atom is 0.231 e. The van der Waals surface area contributed by atoms with Crippen LogP contribution in [-0.2, 0) is 10.3 Å². The number of hydrogen-bond donors (Lipinski definition) is 2. The Morgan fingerprint density at radius 3 is 2.88 bits per heavy atom. The molecule has 0 spiro atoms. The largest absolute Gasteiger partial charge is 0.497 e. The number of ether oxygens (including phenoxy) is 1. The highest BCUT2D eigenvalue weighted by Gasteiger charge is 2.40. The number of methoxy groups -OCH3 is 1. The zero-order valence-corrected chi connectivity index (χ0v) is 14.3. The number of rotatable bonds is 3. The predicted molar refractivity (Wildman–Crippen MR) is 89.7 cm³/mol. The number of halogens is 1. The van der Waals surface area contributed by atoms with Crippen molar-refractivity contribution in [3.8, 4) is 16.2 Å². The molecule has 8 heteroatoms. The van der Waals surface area contributed by atoms with Crippen molar-refractivity contribution in [2.75, 3.05) is 14.2 Å². The molecular weight excluding hydrogens is 331 g/mol. The number of aromatic nitrogens is 1. The first-order valence-electron chi connectivity index (χ1n) is 7.27. The molecule has 2 N–H and O–H groups in total. The summed E-state index contributed by atoms with van der Waals surface area (Å²) in [6.07, 6.45) is 1.85. The lowest BCUT2D eigenvalue weighted by molar-refractivity contribution is -0.129. The van der Waals surface area contributed by atoms with Crippen LogP contribution < -0.4 is 10.1 Å². The van der Waals surface area contributed by atoms with E-state index in [9.17, 15) is 9.18 Å². The molecule has 1 aromatic carbocycles. The maximum atomic E-state index is 13.7. The van der Waals surface area contributed by atoms with Gasteiger partial charge in [-0.05, 0) is 24.6 Å². The van der Waals surface area contributed by atoms with Crippen molar-refractivity contribution in [1.82, 2.24) is 15.2 Å². The third-order valence-corrected chi connectivity index (χ3v) is 5.29. The lowest BCUT2D eigenvalue weighted by atomic mass is 9.96. The topological polar surface area (TPSA) is 78.3 Å². The summed E-state index contributed by atoms with van der Waals surface area (Å²) in [4.78, 5) is 18.5. The fraction of sp³-hybridized carbons (Fsp3) is 0.312. The van der Waals surface area contributed by atoms with E-state index >= 15 is 0 Å². The number of nitrogens with one attached hydrogen (secondary N) is 2. The van der Waals surface area contributed by atoms with Crippen molar-refractivity contribution >= 4 is 23.2 Å². The van der Waals surface area contributed by atoms with Gasteiger partial charge < -0.3 is 10.1 Å². The molecule has 1 aliphatic heterocycles. The summed E-state index contributed by atoms with van der Waals surface area (Å²) in [5, 5.41) is 11.6. The van der Waals surface area contributed by atoms with E-state index in [1.165, 1.54) is 35.5 Å². The van der Waals surface area contributed by atoms with E-state index < -0.39 is 5.54 Å². The molecule has 2 aromatic rings. The molecule has 2 heterocycles. The van der Waals surface area contributed by atoms with Gasteiger partial charge in [-0.3, -0.25) is 15.1 Å². The van der Waals surface area contributed by atoms with Gasteiger partial charge in [0.1, 0.15) is 16.6 Å². The molecule has 126 valence electrons. The van der Waals surface area contributed by atoms with Gasteiger partial charge in [0.15, 0.2) is 5.96 Å². The van der Waals surface area contributed by atoms with Crippen LogP contribution in [0, 0.1) is 11.2 Å². The average molecular weight is 348 g/mol. The zero-order chi connectivity index (χ0) is 17.5. The van der Waals surface area contributed by atoms with E-state index in [-0.39, 0.29) is 24.1 Å². The van der Waals surface area contributed by atoms with E-state index in [0.29, 0.717) is 16.3 Å². The van der Waals surface area contributed by atoms with Gasteiger partial charge in [-0.2, -0.15) is 0 Å². The van der Waals surface area contributed by atoms with Crippen LogP contribution in [0.25, 0.3) is 10.4 Å². The summed E-state index contributed by atoms with van der Waals surface area (Å²) in [5.41, 5.74) is -0.0883. The van der Waals surface area contributed by atoms with E-state index in [4.69, 9.17) is 10.1 Å². The third-order valence-electron chi connectivity index (χ3n) is 3.98. The van der Waals surface area contributed by atoms with Gasteiger partial charge in [0.2, 0.25) is 5.91 Å². The van der Waals surface area contributed by atoms with Crippen molar-refractivity contribution in [2.24, 2.45) is 0 Å². The second kappa shape index (κ2) is 5.86. The summed E-state index contributed by atoms with van der Waals surface area (Å²) in [5.74, 6) is -0.0660. The standard InChI is InChI=1S/C16H17FN4O2S/c1-16(7-13(22)21(2)15(18)20-16)14-19-8-12(24-14)9-4-10(17)6-11(5-9)23-3/h4-6,8H,7H2,1-3H3,(H2,18,20)/t16-/m0/s1. The van der Waals surface area contributed by atoms with Crippen LogP contribution in [0.15, 0.2) is 24.4 Å². The highest BCUT2D eigenvalue weighted by molar-refractivity contribution is 7.15. The summed E-state index contributed by atoms with van der Waals surface area (Å²) >= 11 is 1.36. The molecule has 0 radical (unpaired) electrons. The first kappa shape index (κ1) is 16.4. The Balaban J connectivity index is 1.95. The normalized spacial score (nSPS) is 20.9. The quantitative estimate of drug-likeness (QED) is 0.894. The fourth-order valence-electron chi connectivity index (χ4n) is 2.55. The molecule has 0 aliphatic carbocycles. The maximum absolute atomic E-state index is 13.7. The van der Waals surface area contributed by atoms with Crippen molar-refractivity contribution < 1.29 is 13.9 Å². The number of amides is 1. The predicted octanol–water partition coefficient (Wildman–Crippen LogP) is 2.56. The molecule has 1 saturated heterocycles. The number of thiazole rings is 1. The Kier molecular flexibility index (Phi) is 4.00. The van der Waals surface area contributed by atoms with Crippen molar-refractivity contribution in [3.05, 3.63) is 35.2 Å². The Labute approximate surface area is 142 Å². The molecule has 24 heavy (non-hydrogen) atoms. The summed E-state index contributed by atoms with van der Waals surface area (Å²) in [7, 11) is 3.04. The fourth-order valence-corrected chi connectivity index (χ4v) is 3.55. The molecule has 0 unspecified atom stereocenters. The van der Waals surface area contributed by atoms with E-state index in [1.54, 1.807) is 19.3 Å². The summed E-state index contributed by atoms with van der Waals surface area (Å²) in [6, 6.07) is 4.46. The van der Waals surface area contributed by atoms with Crippen molar-refractivity contribution in [2.45, 2.75) is 18.9 Å². The van der Waals surface area contributed by atoms with Gasteiger partial charge in [0, 0.05) is 19.3 Å². The molecule has 6 nitrogen and oxygen atoms in total. The number of hydrogen-bond acceptors (Lipinski definition) is 5. The molecule has 1 atom stereocenters. The number of benzene rings is 1. The van der Waals surface area contributed by atoms with Crippen LogP contribution in [0.2, 0.25) is 0 Å². The molecule has 3 rings (SSSR count). The molecular formula is C16H17FN4O2S. The van der Waals surface area contributed by atoms with Crippen LogP contribution in [0.3, 0.4) is 0 Å². The second-order valence-electron chi connectivity index (χ2n) is 5.84. The van der Waals surface area contributed by atoms with Gasteiger partial charge in [-0.15, -0.1) is 11.3 Å². The van der Waals surface area contributed by atoms with Crippen LogP contribution in [-0.4, -0.2) is 35.9 Å². The first-order chi connectivity index (χ1) is 11.3. The van der Waals surface area contributed by atoms with Gasteiger partial charge in [0.25, 0.3) is 0 Å². The molecule has 0 bridgehead atoms. The minimum atomic E-state index is -0.749. The monoisotopic (exact) mass is 348 g/mol. The van der Waals surface area contributed by atoms with Crippen LogP contribution in [0.4, 0.5) is 4.39 Å². The van der Waals surface area contributed by atoms with Gasteiger partial charge in [-0.25, -0.2) is 9.37 Å². The van der Waals surface area contributed by atoms with Crippen molar-refractivity contribution in [1.29, 1.82) is 5.41 Å². The minimum Gasteiger partial charge on any atom is -0.497 e. The Morgan fingerprint density at radius 1 is 1.46 bits per heavy atom. The molecule has 1 amide bonds. The van der Waals surface area contributed by atoms with E-state index in [0.717, 1.165) is 4.88 Å². The Hall–Kier alpha value is -2.48. The summed E-state index contributed by atoms with van der Waals surface area (Å²) in [6.45, 7) is 1.83. The Bertz CT molecular complexity index is 802. The molecule has 1 fully saturated rings. The molecule has 1 aromatic heterocycles. The molecule has 1 aliphatic rings. The summed E-state index contributed by atoms with van der Waals surface area (Å²) < 4.78 is 18.8. The Morgan fingerprint density at radius 2 is 2.21 bits per heavy atom. The highest BCUT2D eigenvalue weighted by atomic mass is 32.1. The smallest absolute Gasteiger partial charge is 0.231 e. The third kappa shape index (κ3) is 2.84. The van der Waals surface area contributed by atoms with Crippen LogP contribution >= 0.6 is 11.3 Å². The van der Waals surface area contributed by atoms with Crippen LogP contribution in [0.5, 0.6) is 5.75 Å². The number of carbonyl (C=O) groups is 1. The number of guanidine groups is 1. The van der Waals surface area contributed by atoms with Gasteiger partial charge in [0.05, 0.1) is 23.9 Å². The van der Waals surface area contributed by atoms with E-state index in [2.05, 4.69) is 10.3 Å². The minimum absolute atomic E-state index is 0.0397. The van der Waals surface area contributed by atoms with Crippen LogP contribution in [0.1, 0.15) is 18.4 Å². The lowest BCUT2D eigenvalue weighted by Gasteiger charge is -2.37. The first-order valence-corrected chi connectivity index (χ1v) is 8.08. The highest BCUT2D eigenvalue weighted by Crippen LogP contribution is 2.36.